The number of amides is 2. The van der Waals surface area contributed by atoms with E-state index in [2.05, 4.69) is 10.6 Å². The van der Waals surface area contributed by atoms with Crippen molar-refractivity contribution in [3.05, 3.63) is 29.0 Å². The number of carbonyl (C=O) groups excluding carboxylic acids is 1. The molecule has 0 aliphatic carbocycles. The number of anilines is 1. The van der Waals surface area contributed by atoms with Gasteiger partial charge in [-0.3, -0.25) is 0 Å². The molecular weight excluding hydrogens is 287 g/mol. The molecule has 0 saturated carbocycles. The summed E-state index contributed by atoms with van der Waals surface area (Å²) in [5, 5.41) is 13.9. The van der Waals surface area contributed by atoms with Gasteiger partial charge in [0.05, 0.1) is 5.69 Å². The number of urea groups is 1. The number of halogens is 2. The van der Waals surface area contributed by atoms with Crippen molar-refractivity contribution < 1.29 is 19.1 Å². The van der Waals surface area contributed by atoms with Gasteiger partial charge in [-0.2, -0.15) is 0 Å². The maximum atomic E-state index is 13.4. The SMILES string of the molecule is CC(C)(C)[C@H](NC(=O)Nc1cc(Cl)ccc1F)C(=O)O. The van der Waals surface area contributed by atoms with Gasteiger partial charge in [0.25, 0.3) is 0 Å². The minimum absolute atomic E-state index is 0.118. The monoisotopic (exact) mass is 302 g/mol. The van der Waals surface area contributed by atoms with E-state index in [-0.39, 0.29) is 10.7 Å². The van der Waals surface area contributed by atoms with Gasteiger partial charge in [-0.1, -0.05) is 32.4 Å². The number of hydrogen-bond acceptors (Lipinski definition) is 2. The van der Waals surface area contributed by atoms with Crippen LogP contribution in [-0.2, 0) is 4.79 Å². The molecule has 7 heteroatoms. The molecule has 1 aromatic rings. The lowest BCUT2D eigenvalue weighted by atomic mass is 9.87. The maximum Gasteiger partial charge on any atom is 0.326 e. The fourth-order valence-electron chi connectivity index (χ4n) is 1.53. The Bertz CT molecular complexity index is 529. The van der Waals surface area contributed by atoms with Crippen LogP contribution in [0.15, 0.2) is 18.2 Å². The molecule has 0 saturated heterocycles. The van der Waals surface area contributed by atoms with Crippen molar-refractivity contribution >= 4 is 29.3 Å². The second kappa shape index (κ2) is 6.09. The highest BCUT2D eigenvalue weighted by Gasteiger charge is 2.32. The quantitative estimate of drug-likeness (QED) is 0.803. The van der Waals surface area contributed by atoms with Crippen LogP contribution in [-0.4, -0.2) is 23.1 Å². The van der Waals surface area contributed by atoms with Crippen molar-refractivity contribution in [1.82, 2.24) is 5.32 Å². The molecular formula is C13H16ClFN2O3. The Hall–Kier alpha value is -1.82. The zero-order chi connectivity index (χ0) is 15.5. The van der Waals surface area contributed by atoms with Crippen LogP contribution >= 0.6 is 11.6 Å². The normalized spacial score (nSPS) is 12.7. The summed E-state index contributed by atoms with van der Waals surface area (Å²) in [5.41, 5.74) is -0.802. The van der Waals surface area contributed by atoms with E-state index < -0.39 is 29.3 Å². The molecule has 1 atom stereocenters. The van der Waals surface area contributed by atoms with Crippen molar-refractivity contribution in [2.24, 2.45) is 5.41 Å². The van der Waals surface area contributed by atoms with Gasteiger partial charge in [-0.15, -0.1) is 0 Å². The van der Waals surface area contributed by atoms with E-state index in [4.69, 9.17) is 16.7 Å². The number of benzene rings is 1. The van der Waals surface area contributed by atoms with Crippen molar-refractivity contribution in [3.63, 3.8) is 0 Å². The molecule has 1 aromatic carbocycles. The Morgan fingerprint density at radius 3 is 2.45 bits per heavy atom. The minimum atomic E-state index is -1.17. The molecule has 5 nitrogen and oxygen atoms in total. The van der Waals surface area contributed by atoms with Gasteiger partial charge in [0, 0.05) is 5.02 Å². The first-order valence-electron chi connectivity index (χ1n) is 5.86. The highest BCUT2D eigenvalue weighted by Crippen LogP contribution is 2.21. The third kappa shape index (κ3) is 4.38. The molecule has 0 fully saturated rings. The molecule has 110 valence electrons. The van der Waals surface area contributed by atoms with Crippen molar-refractivity contribution in [2.75, 3.05) is 5.32 Å². The zero-order valence-electron chi connectivity index (χ0n) is 11.3. The van der Waals surface area contributed by atoms with E-state index in [1.54, 1.807) is 20.8 Å². The summed E-state index contributed by atoms with van der Waals surface area (Å²) in [6, 6.07) is 1.77. The predicted octanol–water partition coefficient (Wildman–Crippen LogP) is 3.10. The molecule has 0 unspecified atom stereocenters. The van der Waals surface area contributed by atoms with Crippen LogP contribution in [0.4, 0.5) is 14.9 Å². The smallest absolute Gasteiger partial charge is 0.326 e. The summed E-state index contributed by atoms with van der Waals surface area (Å²) in [6.45, 7) is 5.02. The lowest BCUT2D eigenvalue weighted by molar-refractivity contribution is -0.141. The molecule has 0 radical (unpaired) electrons. The third-order valence-corrected chi connectivity index (χ3v) is 2.80. The van der Waals surface area contributed by atoms with Gasteiger partial charge in [-0.25, -0.2) is 14.0 Å². The van der Waals surface area contributed by atoms with Crippen LogP contribution < -0.4 is 10.6 Å². The molecule has 0 aliphatic heterocycles. The standard InChI is InChI=1S/C13H16ClFN2O3/c1-13(2,3)10(11(18)19)17-12(20)16-9-6-7(14)4-5-8(9)15/h4-6,10H,1-3H3,(H,18,19)(H2,16,17,20)/t10-/m1/s1. The fraction of sp³-hybridized carbons (Fsp3) is 0.385. The lowest BCUT2D eigenvalue weighted by Crippen LogP contribution is -2.50. The Kier molecular flexibility index (Phi) is 4.94. The molecule has 0 aliphatic rings. The summed E-state index contributed by atoms with van der Waals surface area (Å²) < 4.78 is 13.4. The van der Waals surface area contributed by atoms with Crippen LogP contribution in [0.5, 0.6) is 0 Å². The van der Waals surface area contributed by atoms with Gasteiger partial charge >= 0.3 is 12.0 Å². The van der Waals surface area contributed by atoms with Gasteiger partial charge in [0.2, 0.25) is 0 Å². The number of carboxylic acid groups (broad SMARTS) is 1. The van der Waals surface area contributed by atoms with Crippen molar-refractivity contribution in [3.8, 4) is 0 Å². The molecule has 1 rings (SSSR count). The van der Waals surface area contributed by atoms with Crippen LogP contribution in [0.1, 0.15) is 20.8 Å². The van der Waals surface area contributed by atoms with Gasteiger partial charge in [0.1, 0.15) is 11.9 Å². The van der Waals surface area contributed by atoms with Crippen molar-refractivity contribution in [2.45, 2.75) is 26.8 Å². The number of nitrogens with one attached hydrogen (secondary N) is 2. The van der Waals surface area contributed by atoms with E-state index >= 15 is 0 Å². The number of carbonyl (C=O) groups is 2. The predicted molar refractivity (Wildman–Crippen MR) is 74.4 cm³/mol. The largest absolute Gasteiger partial charge is 0.480 e. The van der Waals surface area contributed by atoms with E-state index in [0.717, 1.165) is 6.07 Å². The van der Waals surface area contributed by atoms with Gasteiger partial charge in [0.15, 0.2) is 0 Å². The first-order valence-corrected chi connectivity index (χ1v) is 6.24. The van der Waals surface area contributed by atoms with E-state index in [1.807, 2.05) is 0 Å². The highest BCUT2D eigenvalue weighted by atomic mass is 35.5. The summed E-state index contributed by atoms with van der Waals surface area (Å²) in [5.74, 6) is -1.83. The molecule has 0 heterocycles. The van der Waals surface area contributed by atoms with Gasteiger partial charge in [-0.05, 0) is 23.6 Å². The zero-order valence-corrected chi connectivity index (χ0v) is 12.1. The average molecular weight is 303 g/mol. The third-order valence-electron chi connectivity index (χ3n) is 2.57. The summed E-state index contributed by atoms with van der Waals surface area (Å²) >= 11 is 5.70. The summed E-state index contributed by atoms with van der Waals surface area (Å²) in [4.78, 5) is 22.9. The number of aliphatic carboxylic acids is 1. The van der Waals surface area contributed by atoms with Crippen LogP contribution in [0.25, 0.3) is 0 Å². The second-order valence-corrected chi connectivity index (χ2v) is 5.80. The highest BCUT2D eigenvalue weighted by molar-refractivity contribution is 6.30. The second-order valence-electron chi connectivity index (χ2n) is 5.36. The summed E-state index contributed by atoms with van der Waals surface area (Å²) in [7, 11) is 0. The number of rotatable bonds is 3. The molecule has 0 bridgehead atoms. The lowest BCUT2D eigenvalue weighted by Gasteiger charge is -2.27. The fourth-order valence-corrected chi connectivity index (χ4v) is 1.70. The number of carboxylic acids is 1. The molecule has 0 aromatic heterocycles. The Morgan fingerprint density at radius 2 is 1.95 bits per heavy atom. The molecule has 3 N–H and O–H groups in total. The topological polar surface area (TPSA) is 78.4 Å². The Balaban J connectivity index is 2.81. The van der Waals surface area contributed by atoms with Crippen LogP contribution in [0.2, 0.25) is 5.02 Å². The molecule has 2 amide bonds. The minimum Gasteiger partial charge on any atom is -0.480 e. The van der Waals surface area contributed by atoms with Crippen LogP contribution in [0, 0.1) is 11.2 Å². The van der Waals surface area contributed by atoms with E-state index in [9.17, 15) is 14.0 Å². The Morgan fingerprint density at radius 1 is 1.35 bits per heavy atom. The first kappa shape index (κ1) is 16.2. The van der Waals surface area contributed by atoms with Crippen molar-refractivity contribution in [1.29, 1.82) is 0 Å². The first-order chi connectivity index (χ1) is 9.11. The van der Waals surface area contributed by atoms with E-state index in [0.29, 0.717) is 0 Å². The van der Waals surface area contributed by atoms with E-state index in [1.165, 1.54) is 12.1 Å². The van der Waals surface area contributed by atoms with Gasteiger partial charge < -0.3 is 15.7 Å². The summed E-state index contributed by atoms with van der Waals surface area (Å²) in [6.07, 6.45) is 0. The average Bonchev–Trinajstić information content (AvgIpc) is 2.29. The molecule has 20 heavy (non-hydrogen) atoms. The Labute approximate surface area is 121 Å². The number of hydrogen-bond donors (Lipinski definition) is 3. The molecule has 0 spiro atoms. The maximum absolute atomic E-state index is 13.4. The van der Waals surface area contributed by atoms with Crippen LogP contribution in [0.3, 0.4) is 0 Å².